The minimum absolute atomic E-state index is 0.151. The van der Waals surface area contributed by atoms with Gasteiger partial charge in [0.15, 0.2) is 0 Å². The number of thiazole rings is 1. The summed E-state index contributed by atoms with van der Waals surface area (Å²) in [5.74, 6) is 0. The average Bonchev–Trinajstić information content (AvgIpc) is 3.99. The Hall–Kier alpha value is -3.73. The molecule has 2 unspecified atom stereocenters. The highest BCUT2D eigenvalue weighted by molar-refractivity contribution is 7.10. The van der Waals surface area contributed by atoms with Gasteiger partial charge in [0.25, 0.3) is 0 Å². The third kappa shape index (κ3) is 12.5. The van der Waals surface area contributed by atoms with Crippen LogP contribution in [-0.4, -0.2) is 116 Å². The number of aromatic nitrogens is 3. The number of pyridine rings is 1. The number of methoxy groups -OCH3 is 1. The molecule has 6 heterocycles. The number of hydrogen-bond acceptors (Lipinski definition) is 13. The van der Waals surface area contributed by atoms with Crippen LogP contribution < -0.4 is 21.3 Å². The topological polar surface area (TPSA) is 121 Å². The Balaban J connectivity index is 1.18. The number of fused-ring (bicyclic) bond motifs is 1. The van der Waals surface area contributed by atoms with E-state index < -0.39 is 0 Å². The van der Waals surface area contributed by atoms with Crippen molar-refractivity contribution < 1.29 is 19.0 Å². The molecule has 4 fully saturated rings. The number of unbranched alkanes of at least 4 members (excludes halogenated alkanes) is 2. The monoisotopic (exact) mass is 938 g/mol. The van der Waals surface area contributed by atoms with Crippen LogP contribution in [0.2, 0.25) is 0 Å². The van der Waals surface area contributed by atoms with E-state index >= 15 is 0 Å². The lowest BCUT2D eigenvalue weighted by Gasteiger charge is -2.49. The quantitative estimate of drug-likeness (QED) is 0.0316. The van der Waals surface area contributed by atoms with Crippen molar-refractivity contribution >= 4 is 34.2 Å². The van der Waals surface area contributed by atoms with Gasteiger partial charge in [-0.15, -0.1) is 11.3 Å². The minimum atomic E-state index is -0.223. The first-order valence-electron chi connectivity index (χ1n) is 25.3. The van der Waals surface area contributed by atoms with Gasteiger partial charge in [-0.3, -0.25) is 14.8 Å². The van der Waals surface area contributed by atoms with Crippen molar-refractivity contribution in [1.29, 1.82) is 0 Å². The highest BCUT2D eigenvalue weighted by Gasteiger charge is 2.40. The Kier molecular flexibility index (Phi) is 16.9. The summed E-state index contributed by atoms with van der Waals surface area (Å²) in [7, 11) is 1.78. The number of ether oxygens (including phenoxy) is 3. The van der Waals surface area contributed by atoms with Gasteiger partial charge in [-0.2, -0.15) is 5.53 Å². The standard InChI is InChI=1S/C53H79N9O4S/c1-8-55-58-56-21-11-9-10-13-48(61-36-53(5,6)37-61)51-57-46(35-67-51)39-14-17-47-43(31-39)45(33-52(3,4)20-12-27-63)50(62(47)26-30-66-42-18-28-65-29-19-42)44-32-41(34-54-49(44)38(2)64-7)60-24-22-59(23-25-60)40-15-16-40/h8,14,17,27,31-32,34-35,38,40,42,48,55-56,58H,1,9-13,15-16,18-26,28-30,33,36-37H2,2-7H3. The smallest absolute Gasteiger partial charge is 0.120 e. The molecule has 1 saturated carbocycles. The number of carbonyl (C=O) groups is 1. The number of rotatable bonds is 26. The first-order valence-corrected chi connectivity index (χ1v) is 26.2. The molecule has 3 aliphatic heterocycles. The van der Waals surface area contributed by atoms with Crippen molar-refractivity contribution in [3.8, 4) is 22.5 Å². The van der Waals surface area contributed by atoms with Crippen LogP contribution in [0.3, 0.4) is 0 Å². The van der Waals surface area contributed by atoms with Gasteiger partial charge in [-0.25, -0.2) is 10.4 Å². The van der Waals surface area contributed by atoms with Crippen molar-refractivity contribution in [2.45, 2.75) is 136 Å². The number of hydrogen-bond donors (Lipinski definition) is 3. The molecule has 8 rings (SSSR count). The number of benzene rings is 1. The second kappa shape index (κ2) is 22.8. The van der Waals surface area contributed by atoms with Crippen LogP contribution in [0.4, 0.5) is 5.69 Å². The summed E-state index contributed by atoms with van der Waals surface area (Å²) in [5, 5.41) is 4.70. The molecule has 366 valence electrons. The Morgan fingerprint density at radius 2 is 1.85 bits per heavy atom. The van der Waals surface area contributed by atoms with Crippen molar-refractivity contribution in [3.63, 3.8) is 0 Å². The molecule has 14 heteroatoms. The highest BCUT2D eigenvalue weighted by atomic mass is 32.1. The summed E-state index contributed by atoms with van der Waals surface area (Å²) < 4.78 is 21.0. The zero-order valence-electron chi connectivity index (χ0n) is 41.4. The number of nitrogens with zero attached hydrogens (tertiary/aromatic N) is 6. The molecular weight excluding hydrogens is 859 g/mol. The van der Waals surface area contributed by atoms with Gasteiger partial charge < -0.3 is 33.9 Å². The average molecular weight is 938 g/mol. The maximum Gasteiger partial charge on any atom is 0.120 e. The van der Waals surface area contributed by atoms with Crippen molar-refractivity contribution in [1.82, 2.24) is 40.7 Å². The third-order valence-corrected chi connectivity index (χ3v) is 15.5. The molecule has 67 heavy (non-hydrogen) atoms. The number of hydrazine groups is 2. The predicted molar refractivity (Wildman–Crippen MR) is 272 cm³/mol. The van der Waals surface area contributed by atoms with Crippen molar-refractivity contribution in [3.05, 3.63) is 64.9 Å². The summed E-state index contributed by atoms with van der Waals surface area (Å²) in [5.41, 5.74) is 18.2. The van der Waals surface area contributed by atoms with Crippen molar-refractivity contribution in [2.24, 2.45) is 10.8 Å². The molecule has 3 aromatic heterocycles. The van der Waals surface area contributed by atoms with E-state index in [1.54, 1.807) is 13.3 Å². The second-order valence-corrected chi connectivity index (χ2v) is 22.0. The number of likely N-dealkylation sites (tertiary alicyclic amines) is 1. The molecule has 2 atom stereocenters. The lowest BCUT2D eigenvalue weighted by atomic mass is 9.80. The fourth-order valence-corrected chi connectivity index (χ4v) is 11.7. The van der Waals surface area contributed by atoms with Gasteiger partial charge in [0.2, 0.25) is 0 Å². The van der Waals surface area contributed by atoms with Gasteiger partial charge in [-0.05, 0) is 92.9 Å². The molecule has 0 spiro atoms. The normalized spacial score (nSPS) is 19.4. The summed E-state index contributed by atoms with van der Waals surface area (Å²) in [4.78, 5) is 30.4. The zero-order chi connectivity index (χ0) is 47.0. The minimum Gasteiger partial charge on any atom is -0.381 e. The molecule has 0 amide bonds. The summed E-state index contributed by atoms with van der Waals surface area (Å²) in [6.07, 6.45) is 15.8. The summed E-state index contributed by atoms with van der Waals surface area (Å²) >= 11 is 1.81. The number of anilines is 1. The van der Waals surface area contributed by atoms with Crippen LogP contribution in [0.15, 0.2) is 48.6 Å². The Bertz CT molecular complexity index is 2230. The van der Waals surface area contributed by atoms with E-state index in [2.05, 4.69) is 113 Å². The Labute approximate surface area is 404 Å². The van der Waals surface area contributed by atoms with Gasteiger partial charge in [-0.1, -0.05) is 53.2 Å². The largest absolute Gasteiger partial charge is 0.381 e. The van der Waals surface area contributed by atoms with E-state index in [1.165, 1.54) is 40.0 Å². The van der Waals surface area contributed by atoms with Crippen LogP contribution >= 0.6 is 11.3 Å². The Morgan fingerprint density at radius 3 is 2.57 bits per heavy atom. The Morgan fingerprint density at radius 1 is 1.06 bits per heavy atom. The summed E-state index contributed by atoms with van der Waals surface area (Å²) in [6, 6.07) is 10.5. The number of piperazine rings is 1. The van der Waals surface area contributed by atoms with Gasteiger partial charge in [0.1, 0.15) is 11.3 Å². The molecule has 4 aliphatic rings. The number of carbonyl (C=O) groups excluding carboxylic acids is 1. The van der Waals surface area contributed by atoms with E-state index in [0.29, 0.717) is 31.0 Å². The lowest BCUT2D eigenvalue weighted by molar-refractivity contribution is -0.108. The van der Waals surface area contributed by atoms with Crippen molar-refractivity contribution in [2.75, 3.05) is 77.6 Å². The van der Waals surface area contributed by atoms with E-state index in [-0.39, 0.29) is 17.6 Å². The first-order chi connectivity index (χ1) is 32.5. The van der Waals surface area contributed by atoms with Gasteiger partial charge in [0, 0.05) is 119 Å². The maximum absolute atomic E-state index is 11.9. The van der Waals surface area contributed by atoms with Crippen LogP contribution in [0.5, 0.6) is 0 Å². The van der Waals surface area contributed by atoms with E-state index in [4.69, 9.17) is 24.2 Å². The van der Waals surface area contributed by atoms with Crippen LogP contribution in [0.25, 0.3) is 33.4 Å². The molecular formula is C53H79N9O4S. The molecule has 4 aromatic rings. The lowest BCUT2D eigenvalue weighted by Crippen LogP contribution is -2.54. The fraction of sp³-hybridized carbons (Fsp3) is 0.642. The molecule has 1 aliphatic carbocycles. The zero-order valence-corrected chi connectivity index (χ0v) is 42.2. The SMILES string of the molecule is C=CNNNCCCCCC(c1nc(-c2ccc3c(c2)c(CC(C)(C)CCC=O)c(-c2cc(N4CCN(C5CC5)CC4)cnc2C(C)OC)n3CCOC2CCOCC2)cs1)N1CC(C)(C)C1. The maximum atomic E-state index is 11.9. The predicted octanol–water partition coefficient (Wildman–Crippen LogP) is 9.25. The highest BCUT2D eigenvalue weighted by Crippen LogP contribution is 2.45. The fourth-order valence-electron chi connectivity index (χ4n) is 10.7. The molecule has 1 aromatic carbocycles. The van der Waals surface area contributed by atoms with Crippen LogP contribution in [0, 0.1) is 10.8 Å². The van der Waals surface area contributed by atoms with Crippen LogP contribution in [-0.2, 0) is 32.0 Å². The molecule has 0 bridgehead atoms. The number of nitrogens with one attached hydrogen (secondary N) is 3. The number of aldehydes is 1. The van der Waals surface area contributed by atoms with Crippen LogP contribution in [0.1, 0.15) is 127 Å². The molecule has 13 nitrogen and oxygen atoms in total. The second-order valence-electron chi connectivity index (χ2n) is 21.1. The van der Waals surface area contributed by atoms with E-state index in [9.17, 15) is 4.79 Å². The van der Waals surface area contributed by atoms with E-state index in [1.807, 2.05) is 11.3 Å². The van der Waals surface area contributed by atoms with E-state index in [0.717, 1.165) is 151 Å². The summed E-state index contributed by atoms with van der Waals surface area (Å²) in [6.45, 7) is 25.1. The molecule has 0 radical (unpaired) electrons. The first kappa shape index (κ1) is 49.7. The van der Waals surface area contributed by atoms with Gasteiger partial charge in [0.05, 0.1) is 53.8 Å². The van der Waals surface area contributed by atoms with Gasteiger partial charge >= 0.3 is 0 Å². The third-order valence-electron chi connectivity index (χ3n) is 14.6. The molecule has 3 saturated heterocycles. The molecule has 3 N–H and O–H groups in total.